The zero-order valence-electron chi connectivity index (χ0n) is 26.9. The highest BCUT2D eigenvalue weighted by Crippen LogP contribution is 2.37. The Labute approximate surface area is 269 Å². The van der Waals surface area contributed by atoms with Crippen molar-refractivity contribution < 1.29 is 28.6 Å². The molecular weight excluding hydrogens is 588 g/mol. The third kappa shape index (κ3) is 7.22. The number of amides is 3. The van der Waals surface area contributed by atoms with Crippen LogP contribution in [0.4, 0.5) is 32.7 Å². The van der Waals surface area contributed by atoms with Crippen molar-refractivity contribution in [2.75, 3.05) is 42.4 Å². The van der Waals surface area contributed by atoms with Crippen molar-refractivity contribution in [3.63, 3.8) is 0 Å². The van der Waals surface area contributed by atoms with Gasteiger partial charge in [-0.1, -0.05) is 24.8 Å². The van der Waals surface area contributed by atoms with E-state index in [0.717, 1.165) is 11.1 Å². The number of allylic oxidation sites excluding steroid dienone is 1. The fourth-order valence-electron chi connectivity index (χ4n) is 5.55. The molecule has 2 aliphatic heterocycles. The Morgan fingerprint density at radius 2 is 1.83 bits per heavy atom. The normalized spacial score (nSPS) is 16.4. The van der Waals surface area contributed by atoms with E-state index < -0.39 is 11.7 Å². The van der Waals surface area contributed by atoms with Crippen LogP contribution in [0.2, 0.25) is 0 Å². The minimum atomic E-state index is -0.653. The maximum absolute atomic E-state index is 14.5. The van der Waals surface area contributed by atoms with E-state index in [1.165, 1.54) is 6.08 Å². The third-order valence-corrected chi connectivity index (χ3v) is 7.75. The Morgan fingerprint density at radius 3 is 2.50 bits per heavy atom. The molecule has 2 aliphatic rings. The van der Waals surface area contributed by atoms with Crippen molar-refractivity contribution in [3.05, 3.63) is 72.4 Å². The predicted octanol–water partition coefficient (Wildman–Crippen LogP) is 5.88. The molecule has 1 N–H and O–H groups in total. The highest BCUT2D eigenvalue weighted by molar-refractivity contribution is 6.06. The van der Waals surface area contributed by atoms with Gasteiger partial charge in [-0.25, -0.2) is 14.6 Å². The van der Waals surface area contributed by atoms with E-state index in [1.54, 1.807) is 53.3 Å². The van der Waals surface area contributed by atoms with Gasteiger partial charge in [0.15, 0.2) is 5.78 Å². The summed E-state index contributed by atoms with van der Waals surface area (Å²) in [6, 6.07) is 12.0. The summed E-state index contributed by atoms with van der Waals surface area (Å²) >= 11 is 0. The average Bonchev–Trinajstić information content (AvgIpc) is 3.04. The lowest BCUT2D eigenvalue weighted by Gasteiger charge is -2.43. The van der Waals surface area contributed by atoms with Crippen LogP contribution in [-0.4, -0.2) is 71.7 Å². The summed E-state index contributed by atoms with van der Waals surface area (Å²) in [5.74, 6) is 1.68. The van der Waals surface area contributed by atoms with Gasteiger partial charge in [0.1, 0.15) is 22.9 Å². The Balaban J connectivity index is 1.53. The van der Waals surface area contributed by atoms with Gasteiger partial charge in [-0.05, 0) is 51.3 Å². The molecule has 1 aromatic heterocycles. The summed E-state index contributed by atoms with van der Waals surface area (Å²) in [6.45, 7) is 10.1. The number of ketones is 1. The van der Waals surface area contributed by atoms with Crippen molar-refractivity contribution in [1.82, 2.24) is 14.9 Å². The molecule has 12 heteroatoms. The third-order valence-electron chi connectivity index (χ3n) is 7.75. The minimum absolute atomic E-state index is 0.113. The van der Waals surface area contributed by atoms with E-state index in [1.807, 2.05) is 45.0 Å². The number of hydrogen-bond acceptors (Lipinski definition) is 9. The van der Waals surface area contributed by atoms with Crippen LogP contribution in [0.3, 0.4) is 0 Å². The van der Waals surface area contributed by atoms with Gasteiger partial charge in [0.25, 0.3) is 0 Å². The lowest BCUT2D eigenvalue weighted by Crippen LogP contribution is -2.58. The first-order chi connectivity index (χ1) is 22.0. The van der Waals surface area contributed by atoms with E-state index in [0.29, 0.717) is 48.1 Å². The fourth-order valence-corrected chi connectivity index (χ4v) is 5.55. The van der Waals surface area contributed by atoms with E-state index in [2.05, 4.69) is 16.9 Å². The molecular formula is C34H40N6O6. The number of nitrogens with one attached hydrogen (secondary N) is 1. The number of urea groups is 1. The van der Waals surface area contributed by atoms with Crippen LogP contribution in [0.5, 0.6) is 11.5 Å². The van der Waals surface area contributed by atoms with E-state index in [-0.39, 0.29) is 43.3 Å². The molecule has 1 saturated heterocycles. The van der Waals surface area contributed by atoms with Crippen molar-refractivity contribution >= 4 is 41.0 Å². The number of likely N-dealkylation sites (tertiary alicyclic amines) is 1. The van der Waals surface area contributed by atoms with Crippen LogP contribution >= 0.6 is 0 Å². The summed E-state index contributed by atoms with van der Waals surface area (Å²) in [4.78, 5) is 54.1. The van der Waals surface area contributed by atoms with Crippen LogP contribution in [0, 0.1) is 0 Å². The molecule has 242 valence electrons. The molecule has 0 radical (unpaired) electrons. The number of rotatable bonds is 9. The lowest BCUT2D eigenvalue weighted by molar-refractivity contribution is -0.114. The van der Waals surface area contributed by atoms with Crippen molar-refractivity contribution in [3.8, 4) is 11.5 Å². The number of carbonyl (C=O) groups is 3. The van der Waals surface area contributed by atoms with Crippen LogP contribution in [-0.2, 0) is 22.5 Å². The van der Waals surface area contributed by atoms with Gasteiger partial charge in [-0.15, -0.1) is 0 Å². The number of carbonyl (C=O) groups excluding carboxylic acids is 3. The molecule has 46 heavy (non-hydrogen) atoms. The number of anilines is 4. The zero-order chi connectivity index (χ0) is 33.0. The molecule has 1 fully saturated rings. The van der Waals surface area contributed by atoms with E-state index in [9.17, 15) is 14.4 Å². The molecule has 0 spiro atoms. The van der Waals surface area contributed by atoms with Crippen molar-refractivity contribution in [2.45, 2.75) is 58.2 Å². The summed E-state index contributed by atoms with van der Waals surface area (Å²) in [5.41, 5.74) is 2.08. The zero-order valence-corrected chi connectivity index (χ0v) is 26.9. The summed E-state index contributed by atoms with van der Waals surface area (Å²) in [7, 11) is 3.11. The predicted molar refractivity (Wildman–Crippen MR) is 175 cm³/mol. The minimum Gasteiger partial charge on any atom is -0.497 e. The second-order valence-electron chi connectivity index (χ2n) is 12.2. The number of benzene rings is 2. The first-order valence-electron chi connectivity index (χ1n) is 15.2. The number of hydrogen-bond donors (Lipinski definition) is 1. The highest BCUT2D eigenvalue weighted by Gasteiger charge is 2.40. The number of nitrogens with zero attached hydrogens (tertiary/aromatic N) is 5. The van der Waals surface area contributed by atoms with Crippen molar-refractivity contribution in [2.24, 2.45) is 0 Å². The molecule has 3 aromatic rings. The quantitative estimate of drug-likeness (QED) is 0.289. The van der Waals surface area contributed by atoms with Crippen LogP contribution < -0.4 is 24.6 Å². The molecule has 3 heterocycles. The van der Waals surface area contributed by atoms with E-state index in [4.69, 9.17) is 19.2 Å². The Hall–Kier alpha value is -5.13. The van der Waals surface area contributed by atoms with E-state index >= 15 is 0 Å². The Kier molecular flexibility index (Phi) is 9.45. The van der Waals surface area contributed by atoms with Crippen LogP contribution in [0.15, 0.2) is 61.3 Å². The average molecular weight is 629 g/mol. The molecule has 2 aromatic carbocycles. The van der Waals surface area contributed by atoms with Gasteiger partial charge in [-0.2, -0.15) is 4.98 Å². The second kappa shape index (κ2) is 13.5. The maximum atomic E-state index is 14.5. The number of methoxy groups -OCH3 is 2. The monoisotopic (exact) mass is 628 g/mol. The smallest absolute Gasteiger partial charge is 0.410 e. The number of fused-ring (bicyclic) bond motifs is 1. The standard InChI is InChI=1S/C34H40N6O6/c1-7-26(41)15-22-11-8-9-13-29(22)36-31-35-19-23-20-39(25-16-27(44-5)18-28(17-25)45-6)32(42)40(30(23)37-31)24-12-10-14-38(21-24)33(43)46-34(2,3)4/h7-9,11,13,16-19,24H,1,10,12,14-15,20-21H2,2-6H3,(H,35,36,37). The van der Waals surface area contributed by atoms with Gasteiger partial charge in [0.2, 0.25) is 5.95 Å². The largest absolute Gasteiger partial charge is 0.497 e. The SMILES string of the molecule is C=CC(=O)Cc1ccccc1Nc1ncc2c(n1)N(C1CCCN(C(=O)OC(C)(C)C)C1)C(=O)N(c1cc(OC)cc(OC)c1)C2. The maximum Gasteiger partial charge on any atom is 0.410 e. The molecule has 0 aliphatic carbocycles. The Morgan fingerprint density at radius 1 is 1.11 bits per heavy atom. The highest BCUT2D eigenvalue weighted by atomic mass is 16.6. The van der Waals surface area contributed by atoms with Gasteiger partial charge in [0.05, 0.1) is 32.5 Å². The fraction of sp³-hybridized carbons (Fsp3) is 0.382. The van der Waals surface area contributed by atoms with Crippen molar-refractivity contribution in [1.29, 1.82) is 0 Å². The van der Waals surface area contributed by atoms with Gasteiger partial charge in [0, 0.05) is 55.2 Å². The van der Waals surface area contributed by atoms with Gasteiger partial charge < -0.3 is 24.4 Å². The van der Waals surface area contributed by atoms with Gasteiger partial charge in [-0.3, -0.25) is 14.6 Å². The molecule has 1 atom stereocenters. The molecule has 5 rings (SSSR count). The molecule has 1 unspecified atom stereocenters. The second-order valence-corrected chi connectivity index (χ2v) is 12.2. The number of piperidine rings is 1. The number of para-hydroxylation sites is 1. The summed E-state index contributed by atoms with van der Waals surface area (Å²) in [6.07, 6.45) is 4.07. The Bertz CT molecular complexity index is 1610. The summed E-state index contributed by atoms with van der Waals surface area (Å²) < 4.78 is 16.6. The topological polar surface area (TPSA) is 126 Å². The molecule has 12 nitrogen and oxygen atoms in total. The number of ether oxygens (including phenoxy) is 3. The first-order valence-corrected chi connectivity index (χ1v) is 15.2. The number of aromatic nitrogens is 2. The van der Waals surface area contributed by atoms with Crippen LogP contribution in [0.25, 0.3) is 0 Å². The summed E-state index contributed by atoms with van der Waals surface area (Å²) in [5, 5.41) is 3.24. The molecule has 0 saturated carbocycles. The van der Waals surface area contributed by atoms with Crippen LogP contribution in [0.1, 0.15) is 44.7 Å². The molecule has 3 amide bonds. The van der Waals surface area contributed by atoms with Gasteiger partial charge >= 0.3 is 12.1 Å². The lowest BCUT2D eigenvalue weighted by atomic mass is 10.0. The first kappa shape index (κ1) is 32.3. The molecule has 0 bridgehead atoms.